The van der Waals surface area contributed by atoms with Gasteiger partial charge < -0.3 is 19.2 Å². The first-order chi connectivity index (χ1) is 15.0. The van der Waals surface area contributed by atoms with Crippen LogP contribution in [0.3, 0.4) is 0 Å². The van der Waals surface area contributed by atoms with Gasteiger partial charge in [0, 0.05) is 28.9 Å². The lowest BCUT2D eigenvalue weighted by Crippen LogP contribution is -2.19. The minimum Gasteiger partial charge on any atom is -0.482 e. The Labute approximate surface area is 177 Å². The van der Waals surface area contributed by atoms with Crippen molar-refractivity contribution in [2.24, 2.45) is 0 Å². The molecule has 1 N–H and O–H groups in total. The Morgan fingerprint density at radius 1 is 0.871 bits per heavy atom. The molecule has 0 atom stereocenters. The molecular formula is C24H19NO6. The van der Waals surface area contributed by atoms with Gasteiger partial charge in [-0.3, -0.25) is 9.59 Å². The molecule has 0 unspecified atom stereocenters. The number of fused-ring (bicyclic) bond motifs is 3. The van der Waals surface area contributed by atoms with Gasteiger partial charge >= 0.3 is 5.97 Å². The summed E-state index contributed by atoms with van der Waals surface area (Å²) >= 11 is 0. The maximum Gasteiger partial charge on any atom is 0.344 e. The van der Waals surface area contributed by atoms with Gasteiger partial charge in [0.15, 0.2) is 19.0 Å². The molecule has 0 saturated heterocycles. The Morgan fingerprint density at radius 2 is 1.61 bits per heavy atom. The highest BCUT2D eigenvalue weighted by Gasteiger charge is 2.12. The number of hydrogen-bond acceptors (Lipinski definition) is 6. The summed E-state index contributed by atoms with van der Waals surface area (Å²) in [5.41, 5.74) is 2.46. The number of esters is 1. The molecule has 0 aliphatic carbocycles. The van der Waals surface area contributed by atoms with Crippen LogP contribution in [0.5, 0.6) is 5.75 Å². The first-order valence-electron chi connectivity index (χ1n) is 9.60. The van der Waals surface area contributed by atoms with Gasteiger partial charge in [-0.05, 0) is 48.5 Å². The molecule has 0 saturated carbocycles. The van der Waals surface area contributed by atoms with Crippen molar-refractivity contribution in [1.82, 2.24) is 0 Å². The summed E-state index contributed by atoms with van der Waals surface area (Å²) in [7, 11) is 0. The lowest BCUT2D eigenvalue weighted by molar-refractivity contribution is -0.144. The molecule has 7 nitrogen and oxygen atoms in total. The molecule has 0 bridgehead atoms. The van der Waals surface area contributed by atoms with E-state index in [2.05, 4.69) is 5.32 Å². The van der Waals surface area contributed by atoms with Crippen molar-refractivity contribution in [3.05, 3.63) is 72.3 Å². The molecule has 0 aliphatic rings. The number of carbonyl (C=O) groups is 3. The van der Waals surface area contributed by atoms with E-state index in [0.717, 1.165) is 21.9 Å². The van der Waals surface area contributed by atoms with E-state index in [1.807, 2.05) is 24.3 Å². The van der Waals surface area contributed by atoms with Crippen LogP contribution in [-0.2, 0) is 14.3 Å². The Bertz CT molecular complexity index is 1270. The normalized spacial score (nSPS) is 10.7. The maximum atomic E-state index is 12.2. The van der Waals surface area contributed by atoms with Gasteiger partial charge in [-0.15, -0.1) is 0 Å². The number of Topliss-reactive ketones (excluding diaryl/α,β-unsaturated/α-hetero) is 1. The Kier molecular flexibility index (Phi) is 5.66. The number of ketones is 1. The number of benzene rings is 3. The van der Waals surface area contributed by atoms with Crippen molar-refractivity contribution in [2.75, 3.05) is 18.5 Å². The average Bonchev–Trinajstić information content (AvgIpc) is 3.14. The maximum absolute atomic E-state index is 12.2. The Morgan fingerprint density at radius 3 is 2.39 bits per heavy atom. The number of carbonyl (C=O) groups excluding carboxylic acids is 3. The second-order valence-electron chi connectivity index (χ2n) is 6.89. The second-order valence-corrected chi connectivity index (χ2v) is 6.89. The summed E-state index contributed by atoms with van der Waals surface area (Å²) in [4.78, 5) is 35.2. The van der Waals surface area contributed by atoms with Gasteiger partial charge in [0.05, 0.1) is 0 Å². The van der Waals surface area contributed by atoms with Gasteiger partial charge in [-0.1, -0.05) is 18.2 Å². The highest BCUT2D eigenvalue weighted by Crippen LogP contribution is 2.31. The van der Waals surface area contributed by atoms with Crippen LogP contribution >= 0.6 is 0 Å². The Balaban J connectivity index is 1.31. The molecule has 1 amide bonds. The van der Waals surface area contributed by atoms with E-state index < -0.39 is 12.6 Å². The van der Waals surface area contributed by atoms with Crippen LogP contribution in [0, 0.1) is 0 Å². The minimum absolute atomic E-state index is 0.201. The third-order valence-corrected chi connectivity index (χ3v) is 4.60. The summed E-state index contributed by atoms with van der Waals surface area (Å²) in [5.74, 6) is -0.710. The monoisotopic (exact) mass is 417 g/mol. The smallest absolute Gasteiger partial charge is 0.344 e. The summed E-state index contributed by atoms with van der Waals surface area (Å²) in [6.07, 6.45) is 0. The number of anilines is 1. The van der Waals surface area contributed by atoms with Gasteiger partial charge in [0.2, 0.25) is 5.91 Å². The zero-order chi connectivity index (χ0) is 21.8. The zero-order valence-electron chi connectivity index (χ0n) is 16.7. The summed E-state index contributed by atoms with van der Waals surface area (Å²) in [6.45, 7) is 0.680. The van der Waals surface area contributed by atoms with Crippen LogP contribution in [0.25, 0.3) is 21.9 Å². The lowest BCUT2D eigenvalue weighted by atomic mass is 10.1. The fourth-order valence-corrected chi connectivity index (χ4v) is 3.15. The van der Waals surface area contributed by atoms with E-state index in [4.69, 9.17) is 13.9 Å². The topological polar surface area (TPSA) is 94.8 Å². The molecule has 0 radical (unpaired) electrons. The number of ether oxygens (including phenoxy) is 2. The van der Waals surface area contributed by atoms with E-state index in [9.17, 15) is 14.4 Å². The highest BCUT2D eigenvalue weighted by atomic mass is 16.6. The van der Waals surface area contributed by atoms with Crippen molar-refractivity contribution in [3.63, 3.8) is 0 Å². The lowest BCUT2D eigenvalue weighted by Gasteiger charge is -2.07. The number of hydrogen-bond donors (Lipinski definition) is 1. The van der Waals surface area contributed by atoms with Gasteiger partial charge in [0.25, 0.3) is 0 Å². The first-order valence-corrected chi connectivity index (χ1v) is 9.60. The zero-order valence-corrected chi connectivity index (χ0v) is 16.7. The van der Waals surface area contributed by atoms with Crippen LogP contribution in [-0.4, -0.2) is 30.9 Å². The molecular weight excluding hydrogens is 398 g/mol. The standard InChI is InChI=1S/C24H19NO6/c1-15(26)25-17-8-6-16(7-9-17)21(27)13-30-24(28)14-29-18-10-11-23-20(12-18)19-4-2-3-5-22(19)31-23/h2-12H,13-14H2,1H3,(H,25,26). The fraction of sp³-hybridized carbons (Fsp3) is 0.125. The summed E-state index contributed by atoms with van der Waals surface area (Å²) < 4.78 is 16.3. The van der Waals surface area contributed by atoms with Gasteiger partial charge in [-0.2, -0.15) is 0 Å². The van der Waals surface area contributed by atoms with Crippen LogP contribution in [0.1, 0.15) is 17.3 Å². The highest BCUT2D eigenvalue weighted by molar-refractivity contribution is 6.05. The number of furan rings is 1. The molecule has 7 heteroatoms. The SMILES string of the molecule is CC(=O)Nc1ccc(C(=O)COC(=O)COc2ccc3oc4ccccc4c3c2)cc1. The summed E-state index contributed by atoms with van der Waals surface area (Å²) in [6, 6.07) is 19.3. The van der Waals surface area contributed by atoms with E-state index in [0.29, 0.717) is 17.0 Å². The van der Waals surface area contributed by atoms with Gasteiger partial charge in [-0.25, -0.2) is 4.79 Å². The van der Waals surface area contributed by atoms with Crippen LogP contribution < -0.4 is 10.1 Å². The molecule has 1 aromatic heterocycles. The molecule has 4 aromatic rings. The predicted octanol–water partition coefficient (Wildman–Crippen LogP) is 4.35. The predicted molar refractivity (Wildman–Crippen MR) is 115 cm³/mol. The molecule has 4 rings (SSSR count). The second kappa shape index (κ2) is 8.71. The van der Waals surface area contributed by atoms with Crippen molar-refractivity contribution < 1.29 is 28.3 Å². The molecule has 0 spiro atoms. The molecule has 31 heavy (non-hydrogen) atoms. The summed E-state index contributed by atoms with van der Waals surface area (Å²) in [5, 5.41) is 4.46. The van der Waals surface area contributed by atoms with Crippen LogP contribution in [0.2, 0.25) is 0 Å². The van der Waals surface area contributed by atoms with Gasteiger partial charge in [0.1, 0.15) is 16.9 Å². The van der Waals surface area contributed by atoms with Crippen molar-refractivity contribution >= 4 is 45.3 Å². The quantitative estimate of drug-likeness (QED) is 0.355. The number of rotatable bonds is 7. The molecule has 0 fully saturated rings. The molecule has 3 aromatic carbocycles. The minimum atomic E-state index is -0.652. The van der Waals surface area contributed by atoms with Crippen LogP contribution in [0.4, 0.5) is 5.69 Å². The first kappa shape index (κ1) is 20.2. The van der Waals surface area contributed by atoms with E-state index in [1.165, 1.54) is 6.92 Å². The average molecular weight is 417 g/mol. The Hall–Kier alpha value is -4.13. The largest absolute Gasteiger partial charge is 0.482 e. The van der Waals surface area contributed by atoms with Crippen LogP contribution in [0.15, 0.2) is 71.1 Å². The fourth-order valence-electron chi connectivity index (χ4n) is 3.15. The number of para-hydroxylation sites is 1. The van der Waals surface area contributed by atoms with E-state index in [1.54, 1.807) is 42.5 Å². The van der Waals surface area contributed by atoms with E-state index >= 15 is 0 Å². The van der Waals surface area contributed by atoms with Crippen molar-refractivity contribution in [1.29, 1.82) is 0 Å². The number of amides is 1. The molecule has 1 heterocycles. The number of nitrogens with one attached hydrogen (secondary N) is 1. The third kappa shape index (κ3) is 4.72. The third-order valence-electron chi connectivity index (χ3n) is 4.60. The van der Waals surface area contributed by atoms with E-state index in [-0.39, 0.29) is 18.3 Å². The van der Waals surface area contributed by atoms with Crippen molar-refractivity contribution in [3.8, 4) is 5.75 Å². The molecule has 0 aliphatic heterocycles. The van der Waals surface area contributed by atoms with Crippen molar-refractivity contribution in [2.45, 2.75) is 6.92 Å². The molecule has 156 valence electrons.